The molecule has 0 aromatic rings. The van der Waals surface area contributed by atoms with Crippen LogP contribution in [0.3, 0.4) is 0 Å². The zero-order valence-corrected chi connectivity index (χ0v) is 12.9. The lowest BCUT2D eigenvalue weighted by molar-refractivity contribution is -0.132. The van der Waals surface area contributed by atoms with E-state index in [1.54, 1.807) is 0 Å². The molecule has 0 aliphatic carbocycles. The molecule has 1 aliphatic rings. The van der Waals surface area contributed by atoms with Crippen molar-refractivity contribution in [1.29, 1.82) is 0 Å². The molecule has 116 valence electrons. The van der Waals surface area contributed by atoms with E-state index in [0.29, 0.717) is 32.0 Å². The Morgan fingerprint density at radius 3 is 2.40 bits per heavy atom. The standard InChI is InChI=1S/C14H28N4O2/c1-12(2)10-16-13(19)4-5-15-11-14(20)18-8-6-17(3)7-9-18/h12,15H,4-11H2,1-3H3,(H,16,19). The molecule has 1 fully saturated rings. The average Bonchev–Trinajstić information content (AvgIpc) is 2.42. The molecule has 1 saturated heterocycles. The monoisotopic (exact) mass is 284 g/mol. The molecule has 1 aliphatic heterocycles. The number of piperazine rings is 1. The summed E-state index contributed by atoms with van der Waals surface area (Å²) in [7, 11) is 2.07. The summed E-state index contributed by atoms with van der Waals surface area (Å²) in [6.07, 6.45) is 0.419. The Labute approximate surface area is 121 Å². The number of rotatable bonds is 7. The van der Waals surface area contributed by atoms with Crippen molar-refractivity contribution in [3.05, 3.63) is 0 Å². The highest BCUT2D eigenvalue weighted by atomic mass is 16.2. The minimum Gasteiger partial charge on any atom is -0.356 e. The summed E-state index contributed by atoms with van der Waals surface area (Å²) in [5, 5.41) is 5.91. The molecule has 2 amide bonds. The van der Waals surface area contributed by atoms with E-state index in [9.17, 15) is 9.59 Å². The van der Waals surface area contributed by atoms with Crippen LogP contribution in [0.25, 0.3) is 0 Å². The Kier molecular flexibility index (Phi) is 7.54. The van der Waals surface area contributed by atoms with Crippen LogP contribution in [0.1, 0.15) is 20.3 Å². The topological polar surface area (TPSA) is 64.7 Å². The molecule has 0 aromatic heterocycles. The molecule has 2 N–H and O–H groups in total. The Bertz CT molecular complexity index is 312. The van der Waals surface area contributed by atoms with E-state index in [2.05, 4.69) is 36.4 Å². The van der Waals surface area contributed by atoms with Gasteiger partial charge >= 0.3 is 0 Å². The first-order valence-corrected chi connectivity index (χ1v) is 7.42. The first kappa shape index (κ1) is 16.9. The molecule has 20 heavy (non-hydrogen) atoms. The van der Waals surface area contributed by atoms with Gasteiger partial charge in [0, 0.05) is 45.7 Å². The van der Waals surface area contributed by atoms with Gasteiger partial charge in [0.2, 0.25) is 11.8 Å². The van der Waals surface area contributed by atoms with Crippen molar-refractivity contribution < 1.29 is 9.59 Å². The van der Waals surface area contributed by atoms with Gasteiger partial charge in [-0.1, -0.05) is 13.8 Å². The van der Waals surface area contributed by atoms with Gasteiger partial charge < -0.3 is 20.4 Å². The van der Waals surface area contributed by atoms with Crippen LogP contribution in [0.5, 0.6) is 0 Å². The fraction of sp³-hybridized carbons (Fsp3) is 0.857. The summed E-state index contributed by atoms with van der Waals surface area (Å²) in [5.74, 6) is 0.629. The SMILES string of the molecule is CC(C)CNC(=O)CCNCC(=O)N1CCN(C)CC1. The molecule has 1 rings (SSSR count). The zero-order valence-electron chi connectivity index (χ0n) is 12.9. The fourth-order valence-corrected chi connectivity index (χ4v) is 1.97. The quantitative estimate of drug-likeness (QED) is 0.619. The van der Waals surface area contributed by atoms with Crippen LogP contribution in [0.15, 0.2) is 0 Å². The second kappa shape index (κ2) is 8.92. The van der Waals surface area contributed by atoms with Gasteiger partial charge in [0.15, 0.2) is 0 Å². The second-order valence-electron chi connectivity index (χ2n) is 5.81. The van der Waals surface area contributed by atoms with E-state index in [-0.39, 0.29) is 11.8 Å². The van der Waals surface area contributed by atoms with E-state index in [1.807, 2.05) is 4.90 Å². The third-order valence-corrected chi connectivity index (χ3v) is 3.37. The van der Waals surface area contributed by atoms with Crippen LogP contribution in [0, 0.1) is 5.92 Å². The minimum atomic E-state index is 0.0400. The molecule has 1 heterocycles. The van der Waals surface area contributed by atoms with Crippen LogP contribution >= 0.6 is 0 Å². The highest BCUT2D eigenvalue weighted by Crippen LogP contribution is 1.98. The zero-order chi connectivity index (χ0) is 15.0. The molecule has 0 radical (unpaired) electrons. The maximum Gasteiger partial charge on any atom is 0.236 e. The summed E-state index contributed by atoms with van der Waals surface area (Å²) >= 11 is 0. The minimum absolute atomic E-state index is 0.0400. The number of carbonyl (C=O) groups is 2. The molecular weight excluding hydrogens is 256 g/mol. The highest BCUT2D eigenvalue weighted by Gasteiger charge is 2.18. The Morgan fingerprint density at radius 1 is 1.15 bits per heavy atom. The number of amides is 2. The molecular formula is C14H28N4O2. The van der Waals surface area contributed by atoms with Gasteiger partial charge in [-0.15, -0.1) is 0 Å². The third-order valence-electron chi connectivity index (χ3n) is 3.37. The van der Waals surface area contributed by atoms with Crippen molar-refractivity contribution in [2.75, 3.05) is 52.9 Å². The van der Waals surface area contributed by atoms with E-state index in [1.165, 1.54) is 0 Å². The molecule has 6 nitrogen and oxygen atoms in total. The Morgan fingerprint density at radius 2 is 1.80 bits per heavy atom. The van der Waals surface area contributed by atoms with Crippen molar-refractivity contribution >= 4 is 11.8 Å². The fourth-order valence-electron chi connectivity index (χ4n) is 1.97. The summed E-state index contributed by atoms with van der Waals surface area (Å²) in [5.41, 5.74) is 0. The number of hydrogen-bond acceptors (Lipinski definition) is 4. The Balaban J connectivity index is 2.06. The van der Waals surface area contributed by atoms with E-state index in [4.69, 9.17) is 0 Å². The molecule has 0 bridgehead atoms. The van der Waals surface area contributed by atoms with Crippen molar-refractivity contribution in [1.82, 2.24) is 20.4 Å². The van der Waals surface area contributed by atoms with Crippen LogP contribution in [-0.2, 0) is 9.59 Å². The van der Waals surface area contributed by atoms with Crippen molar-refractivity contribution in [3.8, 4) is 0 Å². The van der Waals surface area contributed by atoms with Crippen LogP contribution in [0.4, 0.5) is 0 Å². The summed E-state index contributed by atoms with van der Waals surface area (Å²) < 4.78 is 0. The normalized spacial score (nSPS) is 16.5. The molecule has 6 heteroatoms. The van der Waals surface area contributed by atoms with Crippen molar-refractivity contribution in [2.45, 2.75) is 20.3 Å². The molecule has 0 spiro atoms. The number of nitrogens with zero attached hydrogens (tertiary/aromatic N) is 2. The summed E-state index contributed by atoms with van der Waals surface area (Å²) in [6.45, 7) is 9.16. The van der Waals surface area contributed by atoms with Crippen LogP contribution in [0.2, 0.25) is 0 Å². The van der Waals surface area contributed by atoms with Gasteiger partial charge in [-0.25, -0.2) is 0 Å². The average molecular weight is 284 g/mol. The lowest BCUT2D eigenvalue weighted by atomic mass is 10.2. The maximum absolute atomic E-state index is 11.9. The number of likely N-dealkylation sites (N-methyl/N-ethyl adjacent to an activating group) is 1. The van der Waals surface area contributed by atoms with Gasteiger partial charge in [-0.05, 0) is 13.0 Å². The second-order valence-corrected chi connectivity index (χ2v) is 5.81. The van der Waals surface area contributed by atoms with E-state index < -0.39 is 0 Å². The van der Waals surface area contributed by atoms with Gasteiger partial charge in [0.1, 0.15) is 0 Å². The summed E-state index contributed by atoms with van der Waals surface area (Å²) in [6, 6.07) is 0. The lowest BCUT2D eigenvalue weighted by Gasteiger charge is -2.32. The van der Waals surface area contributed by atoms with Crippen molar-refractivity contribution in [2.24, 2.45) is 5.92 Å². The molecule has 0 aromatic carbocycles. The van der Waals surface area contributed by atoms with E-state index >= 15 is 0 Å². The smallest absolute Gasteiger partial charge is 0.236 e. The van der Waals surface area contributed by atoms with Gasteiger partial charge in [0.25, 0.3) is 0 Å². The number of hydrogen-bond donors (Lipinski definition) is 2. The summed E-state index contributed by atoms with van der Waals surface area (Å²) in [4.78, 5) is 27.5. The van der Waals surface area contributed by atoms with Gasteiger partial charge in [-0.2, -0.15) is 0 Å². The van der Waals surface area contributed by atoms with Gasteiger partial charge in [-0.3, -0.25) is 9.59 Å². The largest absolute Gasteiger partial charge is 0.356 e. The maximum atomic E-state index is 11.9. The van der Waals surface area contributed by atoms with Crippen molar-refractivity contribution in [3.63, 3.8) is 0 Å². The third kappa shape index (κ3) is 6.86. The number of nitrogens with one attached hydrogen (secondary N) is 2. The highest BCUT2D eigenvalue weighted by molar-refractivity contribution is 5.79. The first-order chi connectivity index (χ1) is 9.49. The van der Waals surface area contributed by atoms with Gasteiger partial charge in [0.05, 0.1) is 6.54 Å². The first-order valence-electron chi connectivity index (χ1n) is 7.42. The molecule has 0 saturated carbocycles. The number of carbonyl (C=O) groups excluding carboxylic acids is 2. The van der Waals surface area contributed by atoms with Crippen LogP contribution < -0.4 is 10.6 Å². The predicted molar refractivity (Wildman–Crippen MR) is 79.4 cm³/mol. The van der Waals surface area contributed by atoms with Crippen LogP contribution in [-0.4, -0.2) is 74.5 Å². The Hall–Kier alpha value is -1.14. The predicted octanol–water partition coefficient (Wildman–Crippen LogP) is -0.488. The molecule has 0 atom stereocenters. The molecule has 0 unspecified atom stereocenters. The van der Waals surface area contributed by atoms with E-state index in [0.717, 1.165) is 26.2 Å². The lowest BCUT2D eigenvalue weighted by Crippen LogP contribution is -2.49.